The number of hydrazone groups is 1. The van der Waals surface area contributed by atoms with Crippen molar-refractivity contribution in [3.63, 3.8) is 0 Å². The molecule has 1 rings (SSSR count). The van der Waals surface area contributed by atoms with E-state index >= 15 is 0 Å². The highest BCUT2D eigenvalue weighted by atomic mass is 79.9. The molecule has 1 aromatic carbocycles. The quantitative estimate of drug-likeness (QED) is 0.454. The van der Waals surface area contributed by atoms with Gasteiger partial charge in [0.1, 0.15) is 5.75 Å². The van der Waals surface area contributed by atoms with Gasteiger partial charge in [-0.15, -0.1) is 0 Å². The molecule has 1 aromatic rings. The van der Waals surface area contributed by atoms with Crippen molar-refractivity contribution in [2.45, 2.75) is 20.8 Å². The Kier molecular flexibility index (Phi) is 7.59. The molecule has 0 aliphatic rings. The number of rotatable bonds is 7. The first-order chi connectivity index (χ1) is 10.4. The molecule has 7 heteroatoms. The molecule has 1 atom stereocenters. The van der Waals surface area contributed by atoms with Crippen molar-refractivity contribution in [2.75, 3.05) is 13.2 Å². The summed E-state index contributed by atoms with van der Waals surface area (Å²) in [6.07, 6.45) is 0. The summed E-state index contributed by atoms with van der Waals surface area (Å²) in [5.74, 6) is -0.700. The third kappa shape index (κ3) is 6.26. The topological polar surface area (TPSA) is 77.0 Å². The van der Waals surface area contributed by atoms with Gasteiger partial charge >= 0.3 is 5.97 Å². The minimum atomic E-state index is -0.507. The summed E-state index contributed by atoms with van der Waals surface area (Å²) >= 11 is 3.31. The first-order valence-electron chi connectivity index (χ1n) is 6.82. The van der Waals surface area contributed by atoms with Crippen LogP contribution < -0.4 is 10.2 Å². The van der Waals surface area contributed by atoms with E-state index in [1.54, 1.807) is 32.9 Å². The highest BCUT2D eigenvalue weighted by molar-refractivity contribution is 9.10. The number of carbonyl (C=O) groups excluding carboxylic acids is 2. The van der Waals surface area contributed by atoms with E-state index in [2.05, 4.69) is 26.5 Å². The summed E-state index contributed by atoms with van der Waals surface area (Å²) in [5, 5.41) is 3.88. The van der Waals surface area contributed by atoms with Gasteiger partial charge in [-0.25, -0.2) is 5.43 Å². The van der Waals surface area contributed by atoms with Crippen molar-refractivity contribution >= 4 is 33.5 Å². The van der Waals surface area contributed by atoms with Gasteiger partial charge in [-0.2, -0.15) is 5.10 Å². The Bertz CT molecular complexity index is 543. The number of benzene rings is 1. The Morgan fingerprint density at radius 1 is 1.32 bits per heavy atom. The zero-order valence-electron chi connectivity index (χ0n) is 12.8. The molecule has 0 bridgehead atoms. The SMILES string of the molecule is CCOC(=O)C(C)C(C)=NNC(=O)COc1ccc(Br)cc1. The maximum atomic E-state index is 11.6. The van der Waals surface area contributed by atoms with E-state index in [-0.39, 0.29) is 12.6 Å². The molecule has 0 spiro atoms. The number of amides is 1. The second kappa shape index (κ2) is 9.19. The van der Waals surface area contributed by atoms with E-state index in [9.17, 15) is 9.59 Å². The van der Waals surface area contributed by atoms with Gasteiger partial charge in [-0.05, 0) is 45.0 Å². The summed E-state index contributed by atoms with van der Waals surface area (Å²) in [6, 6.07) is 7.12. The first-order valence-corrected chi connectivity index (χ1v) is 7.61. The van der Waals surface area contributed by atoms with Gasteiger partial charge in [0, 0.05) is 10.2 Å². The van der Waals surface area contributed by atoms with Crippen LogP contribution in [0.3, 0.4) is 0 Å². The molecule has 0 aromatic heterocycles. The number of hydrogen-bond donors (Lipinski definition) is 1. The standard InChI is InChI=1S/C15H19BrN2O4/c1-4-21-15(20)10(2)11(3)17-18-14(19)9-22-13-7-5-12(16)6-8-13/h5-8,10H,4,9H2,1-3H3,(H,18,19). The molecule has 1 N–H and O–H groups in total. The summed E-state index contributed by atoms with van der Waals surface area (Å²) in [6.45, 7) is 5.20. The highest BCUT2D eigenvalue weighted by Crippen LogP contribution is 2.15. The molecular formula is C15H19BrN2O4. The van der Waals surface area contributed by atoms with Crippen LogP contribution in [0.4, 0.5) is 0 Å². The largest absolute Gasteiger partial charge is 0.484 e. The van der Waals surface area contributed by atoms with Crippen LogP contribution >= 0.6 is 15.9 Å². The fraction of sp³-hybridized carbons (Fsp3) is 0.400. The average molecular weight is 371 g/mol. The molecule has 0 radical (unpaired) electrons. The molecule has 0 aliphatic carbocycles. The maximum absolute atomic E-state index is 11.6. The molecule has 22 heavy (non-hydrogen) atoms. The predicted octanol–water partition coefficient (Wildman–Crippen LogP) is 2.52. The minimum absolute atomic E-state index is 0.161. The van der Waals surface area contributed by atoms with Crippen LogP contribution in [0.25, 0.3) is 0 Å². The molecule has 0 saturated carbocycles. The summed E-state index contributed by atoms with van der Waals surface area (Å²) in [4.78, 5) is 23.2. The van der Waals surface area contributed by atoms with Gasteiger partial charge in [0.15, 0.2) is 6.61 Å². The number of nitrogens with one attached hydrogen (secondary N) is 1. The van der Waals surface area contributed by atoms with Gasteiger partial charge < -0.3 is 9.47 Å². The van der Waals surface area contributed by atoms with E-state index in [4.69, 9.17) is 9.47 Å². The number of ether oxygens (including phenoxy) is 2. The number of carbonyl (C=O) groups is 2. The lowest BCUT2D eigenvalue weighted by Crippen LogP contribution is -2.28. The van der Waals surface area contributed by atoms with Crippen molar-refractivity contribution in [3.8, 4) is 5.75 Å². The summed E-state index contributed by atoms with van der Waals surface area (Å²) in [7, 11) is 0. The van der Waals surface area contributed by atoms with Gasteiger partial charge in [0.25, 0.3) is 5.91 Å². The van der Waals surface area contributed by atoms with Crippen LogP contribution in [-0.4, -0.2) is 30.8 Å². The van der Waals surface area contributed by atoms with E-state index in [0.717, 1.165) is 4.47 Å². The molecule has 0 fully saturated rings. The van der Waals surface area contributed by atoms with Crippen LogP contribution in [0, 0.1) is 5.92 Å². The molecule has 120 valence electrons. The molecule has 6 nitrogen and oxygen atoms in total. The minimum Gasteiger partial charge on any atom is -0.484 e. The Balaban J connectivity index is 2.42. The zero-order valence-corrected chi connectivity index (χ0v) is 14.3. The molecule has 0 aliphatic heterocycles. The normalized spacial score (nSPS) is 12.5. The number of halogens is 1. The molecule has 1 amide bonds. The Morgan fingerprint density at radius 2 is 1.95 bits per heavy atom. The lowest BCUT2D eigenvalue weighted by Gasteiger charge is -2.10. The third-order valence-corrected chi connectivity index (χ3v) is 3.34. The predicted molar refractivity (Wildman–Crippen MR) is 86.7 cm³/mol. The van der Waals surface area contributed by atoms with Crippen molar-refractivity contribution in [3.05, 3.63) is 28.7 Å². The zero-order chi connectivity index (χ0) is 16.5. The van der Waals surface area contributed by atoms with Crippen molar-refractivity contribution in [2.24, 2.45) is 11.0 Å². The van der Waals surface area contributed by atoms with Crippen molar-refractivity contribution < 1.29 is 19.1 Å². The highest BCUT2D eigenvalue weighted by Gasteiger charge is 2.17. The van der Waals surface area contributed by atoms with E-state index in [1.807, 2.05) is 12.1 Å². The van der Waals surface area contributed by atoms with Crippen LogP contribution in [0.2, 0.25) is 0 Å². The van der Waals surface area contributed by atoms with E-state index in [1.165, 1.54) is 0 Å². The molecule has 0 saturated heterocycles. The Morgan fingerprint density at radius 3 is 2.55 bits per heavy atom. The maximum Gasteiger partial charge on any atom is 0.314 e. The van der Waals surface area contributed by atoms with Crippen molar-refractivity contribution in [1.82, 2.24) is 5.43 Å². The first kappa shape index (κ1) is 18.2. The van der Waals surface area contributed by atoms with Gasteiger partial charge in [0.2, 0.25) is 0 Å². The van der Waals surface area contributed by atoms with Gasteiger partial charge in [0.05, 0.1) is 12.5 Å². The van der Waals surface area contributed by atoms with Crippen LogP contribution in [0.1, 0.15) is 20.8 Å². The second-order valence-electron chi connectivity index (χ2n) is 4.50. The molecule has 1 unspecified atom stereocenters. The fourth-order valence-corrected chi connectivity index (χ4v) is 1.66. The summed E-state index contributed by atoms with van der Waals surface area (Å²) in [5.41, 5.74) is 2.82. The van der Waals surface area contributed by atoms with Crippen LogP contribution in [0.15, 0.2) is 33.8 Å². The lowest BCUT2D eigenvalue weighted by molar-refractivity contribution is -0.145. The lowest BCUT2D eigenvalue weighted by atomic mass is 10.1. The number of esters is 1. The van der Waals surface area contributed by atoms with Gasteiger partial charge in [-0.1, -0.05) is 15.9 Å². The van der Waals surface area contributed by atoms with E-state index in [0.29, 0.717) is 18.1 Å². The Hall–Kier alpha value is -1.89. The van der Waals surface area contributed by atoms with E-state index < -0.39 is 11.8 Å². The monoisotopic (exact) mass is 370 g/mol. The number of nitrogens with zero attached hydrogens (tertiary/aromatic N) is 1. The van der Waals surface area contributed by atoms with Crippen LogP contribution in [-0.2, 0) is 14.3 Å². The van der Waals surface area contributed by atoms with Crippen molar-refractivity contribution in [1.29, 1.82) is 0 Å². The number of hydrogen-bond acceptors (Lipinski definition) is 5. The second-order valence-corrected chi connectivity index (χ2v) is 5.42. The summed E-state index contributed by atoms with van der Waals surface area (Å²) < 4.78 is 11.1. The van der Waals surface area contributed by atoms with Crippen LogP contribution in [0.5, 0.6) is 5.75 Å². The molecule has 0 heterocycles. The average Bonchev–Trinajstić information content (AvgIpc) is 2.51. The Labute approximate surface area is 138 Å². The van der Waals surface area contributed by atoms with Gasteiger partial charge in [-0.3, -0.25) is 9.59 Å². The third-order valence-electron chi connectivity index (χ3n) is 2.81. The molecular weight excluding hydrogens is 352 g/mol. The fourth-order valence-electron chi connectivity index (χ4n) is 1.40. The smallest absolute Gasteiger partial charge is 0.314 e.